The molecular formula is C18H21N3O3. The number of carbonyl (C=O) groups excluding carboxylic acids is 1. The van der Waals surface area contributed by atoms with Gasteiger partial charge in [-0.3, -0.25) is 4.79 Å². The molecule has 1 aromatic heterocycles. The van der Waals surface area contributed by atoms with Crippen molar-refractivity contribution in [1.82, 2.24) is 10.3 Å². The Morgan fingerprint density at radius 2 is 2.04 bits per heavy atom. The van der Waals surface area contributed by atoms with Crippen molar-refractivity contribution in [2.45, 2.75) is 25.0 Å². The molecule has 1 heterocycles. The molecular weight excluding hydrogens is 306 g/mol. The van der Waals surface area contributed by atoms with Crippen LogP contribution in [0.1, 0.15) is 23.2 Å². The van der Waals surface area contributed by atoms with Gasteiger partial charge in [-0.05, 0) is 37.1 Å². The monoisotopic (exact) mass is 327 g/mol. The van der Waals surface area contributed by atoms with E-state index in [9.17, 15) is 9.90 Å². The third kappa shape index (κ3) is 3.65. The van der Waals surface area contributed by atoms with E-state index in [1.54, 1.807) is 18.3 Å². The SMILES string of the molecule is Nc1ncccc1C(=O)NC[C@H]1CC[C@@H](Oc2ccccc2)[C@@H]1O. The van der Waals surface area contributed by atoms with E-state index in [-0.39, 0.29) is 23.7 Å². The molecule has 3 atom stereocenters. The average molecular weight is 327 g/mol. The third-order valence-electron chi connectivity index (χ3n) is 4.32. The number of aromatic nitrogens is 1. The lowest BCUT2D eigenvalue weighted by molar-refractivity contribution is 0.0348. The predicted octanol–water partition coefficient (Wildman–Crippen LogP) is 1.61. The first kappa shape index (κ1) is 16.3. The molecule has 24 heavy (non-hydrogen) atoms. The van der Waals surface area contributed by atoms with Crippen molar-refractivity contribution >= 4 is 11.7 Å². The van der Waals surface area contributed by atoms with Crippen LogP contribution in [-0.4, -0.2) is 34.8 Å². The van der Waals surface area contributed by atoms with Crippen LogP contribution in [0.5, 0.6) is 5.75 Å². The number of nitrogens with zero attached hydrogens (tertiary/aromatic N) is 1. The normalized spacial score (nSPS) is 23.0. The van der Waals surface area contributed by atoms with Gasteiger partial charge in [-0.15, -0.1) is 0 Å². The fraction of sp³-hybridized carbons (Fsp3) is 0.333. The Balaban J connectivity index is 1.53. The van der Waals surface area contributed by atoms with E-state index >= 15 is 0 Å². The molecule has 2 aromatic rings. The van der Waals surface area contributed by atoms with E-state index in [2.05, 4.69) is 10.3 Å². The van der Waals surface area contributed by atoms with Crippen LogP contribution in [0.2, 0.25) is 0 Å². The quantitative estimate of drug-likeness (QED) is 0.775. The largest absolute Gasteiger partial charge is 0.488 e. The Kier molecular flexibility index (Phi) is 4.96. The third-order valence-corrected chi connectivity index (χ3v) is 4.32. The fourth-order valence-electron chi connectivity index (χ4n) is 2.98. The van der Waals surface area contributed by atoms with Gasteiger partial charge in [0.2, 0.25) is 0 Å². The van der Waals surface area contributed by atoms with Crippen LogP contribution < -0.4 is 15.8 Å². The lowest BCUT2D eigenvalue weighted by atomic mass is 10.1. The number of pyridine rings is 1. The molecule has 0 spiro atoms. The predicted molar refractivity (Wildman–Crippen MR) is 90.6 cm³/mol. The minimum atomic E-state index is -0.614. The van der Waals surface area contributed by atoms with Gasteiger partial charge in [-0.25, -0.2) is 4.98 Å². The summed E-state index contributed by atoms with van der Waals surface area (Å²) in [4.78, 5) is 16.1. The maximum absolute atomic E-state index is 12.2. The number of ether oxygens (including phenoxy) is 1. The van der Waals surface area contributed by atoms with Gasteiger partial charge in [0, 0.05) is 18.7 Å². The van der Waals surface area contributed by atoms with Crippen molar-refractivity contribution in [3.63, 3.8) is 0 Å². The number of amides is 1. The lowest BCUT2D eigenvalue weighted by Crippen LogP contribution is -2.37. The summed E-state index contributed by atoms with van der Waals surface area (Å²) in [6, 6.07) is 12.7. The zero-order valence-electron chi connectivity index (χ0n) is 13.3. The zero-order valence-corrected chi connectivity index (χ0v) is 13.3. The van der Waals surface area contributed by atoms with Gasteiger partial charge in [0.05, 0.1) is 11.7 Å². The molecule has 1 aliphatic carbocycles. The maximum atomic E-state index is 12.2. The molecule has 0 bridgehead atoms. The summed E-state index contributed by atoms with van der Waals surface area (Å²) >= 11 is 0. The van der Waals surface area contributed by atoms with Crippen molar-refractivity contribution in [1.29, 1.82) is 0 Å². The van der Waals surface area contributed by atoms with E-state index in [0.29, 0.717) is 12.1 Å². The number of nitrogen functional groups attached to an aromatic ring is 1. The van der Waals surface area contributed by atoms with Crippen molar-refractivity contribution in [2.24, 2.45) is 5.92 Å². The molecule has 6 nitrogen and oxygen atoms in total. The van der Waals surface area contributed by atoms with Gasteiger partial charge < -0.3 is 20.9 Å². The molecule has 3 rings (SSSR count). The van der Waals surface area contributed by atoms with Gasteiger partial charge in [0.25, 0.3) is 5.91 Å². The zero-order chi connectivity index (χ0) is 16.9. The van der Waals surface area contributed by atoms with E-state index in [1.807, 2.05) is 30.3 Å². The molecule has 1 saturated carbocycles. The number of rotatable bonds is 5. The highest BCUT2D eigenvalue weighted by atomic mass is 16.5. The molecule has 0 radical (unpaired) electrons. The van der Waals surface area contributed by atoms with E-state index in [4.69, 9.17) is 10.5 Å². The van der Waals surface area contributed by atoms with Gasteiger partial charge >= 0.3 is 0 Å². The lowest BCUT2D eigenvalue weighted by Gasteiger charge is -2.21. The minimum absolute atomic E-state index is 0.0411. The Hall–Kier alpha value is -2.60. The first-order valence-electron chi connectivity index (χ1n) is 8.03. The summed E-state index contributed by atoms with van der Waals surface area (Å²) in [6.45, 7) is 0.378. The second kappa shape index (κ2) is 7.31. The molecule has 6 heteroatoms. The summed E-state index contributed by atoms with van der Waals surface area (Å²) < 4.78 is 5.84. The summed E-state index contributed by atoms with van der Waals surface area (Å²) in [5, 5.41) is 13.3. The summed E-state index contributed by atoms with van der Waals surface area (Å²) in [5.74, 6) is 0.627. The highest BCUT2D eigenvalue weighted by Gasteiger charge is 2.36. The minimum Gasteiger partial charge on any atom is -0.488 e. The topological polar surface area (TPSA) is 97.5 Å². The molecule has 4 N–H and O–H groups in total. The van der Waals surface area contributed by atoms with Crippen molar-refractivity contribution in [2.75, 3.05) is 12.3 Å². The Morgan fingerprint density at radius 1 is 1.25 bits per heavy atom. The second-order valence-corrected chi connectivity index (χ2v) is 5.94. The van der Waals surface area contributed by atoms with Crippen molar-refractivity contribution in [3.8, 4) is 5.75 Å². The molecule has 1 aliphatic rings. The maximum Gasteiger partial charge on any atom is 0.255 e. The number of nitrogens with one attached hydrogen (secondary N) is 1. The Labute approximate surface area is 140 Å². The highest BCUT2D eigenvalue weighted by molar-refractivity contribution is 5.98. The second-order valence-electron chi connectivity index (χ2n) is 5.94. The number of aliphatic hydroxyl groups excluding tert-OH is 1. The number of aliphatic hydroxyl groups is 1. The number of para-hydroxylation sites is 1. The number of hydrogen-bond donors (Lipinski definition) is 3. The van der Waals surface area contributed by atoms with Crippen molar-refractivity contribution < 1.29 is 14.6 Å². The summed E-state index contributed by atoms with van der Waals surface area (Å²) in [7, 11) is 0. The summed E-state index contributed by atoms with van der Waals surface area (Å²) in [5.41, 5.74) is 6.05. The van der Waals surface area contributed by atoms with Gasteiger partial charge in [0.1, 0.15) is 17.7 Å². The van der Waals surface area contributed by atoms with Gasteiger partial charge in [-0.2, -0.15) is 0 Å². The molecule has 1 aromatic carbocycles. The van der Waals surface area contributed by atoms with Crippen molar-refractivity contribution in [3.05, 3.63) is 54.2 Å². The van der Waals surface area contributed by atoms with E-state index in [0.717, 1.165) is 18.6 Å². The average Bonchev–Trinajstić information content (AvgIpc) is 2.94. The molecule has 0 aliphatic heterocycles. The Morgan fingerprint density at radius 3 is 2.79 bits per heavy atom. The smallest absolute Gasteiger partial charge is 0.255 e. The van der Waals surface area contributed by atoms with Gasteiger partial charge in [-0.1, -0.05) is 18.2 Å². The number of hydrogen-bond acceptors (Lipinski definition) is 5. The molecule has 1 fully saturated rings. The van der Waals surface area contributed by atoms with Gasteiger partial charge in [0.15, 0.2) is 0 Å². The van der Waals surface area contributed by atoms with E-state index in [1.165, 1.54) is 0 Å². The number of carbonyl (C=O) groups is 1. The number of nitrogens with two attached hydrogens (primary N) is 1. The van der Waals surface area contributed by atoms with Crippen LogP contribution in [0.15, 0.2) is 48.7 Å². The number of benzene rings is 1. The first-order valence-corrected chi connectivity index (χ1v) is 8.03. The van der Waals surface area contributed by atoms with Crippen LogP contribution in [-0.2, 0) is 0 Å². The molecule has 0 saturated heterocycles. The first-order chi connectivity index (χ1) is 11.6. The standard InChI is InChI=1S/C18H21N3O3/c19-17-14(7-4-10-20-17)18(23)21-11-12-8-9-15(16(12)22)24-13-5-2-1-3-6-13/h1-7,10,12,15-16,22H,8-9,11H2,(H2,19,20)(H,21,23)/t12-,15-,16-/m1/s1. The van der Waals surface area contributed by atoms with E-state index < -0.39 is 6.10 Å². The van der Waals surface area contributed by atoms with Crippen LogP contribution in [0.4, 0.5) is 5.82 Å². The van der Waals surface area contributed by atoms with Crippen LogP contribution >= 0.6 is 0 Å². The summed E-state index contributed by atoms with van der Waals surface area (Å²) in [6.07, 6.45) is 2.22. The van der Waals surface area contributed by atoms with Crippen LogP contribution in [0.3, 0.4) is 0 Å². The van der Waals surface area contributed by atoms with Crippen LogP contribution in [0.25, 0.3) is 0 Å². The number of anilines is 1. The molecule has 1 amide bonds. The van der Waals surface area contributed by atoms with Crippen LogP contribution in [0, 0.1) is 5.92 Å². The molecule has 126 valence electrons. The fourth-order valence-corrected chi connectivity index (χ4v) is 2.98. The Bertz CT molecular complexity index is 693. The highest BCUT2D eigenvalue weighted by Crippen LogP contribution is 2.29. The molecule has 0 unspecified atom stereocenters.